The Labute approximate surface area is 98.9 Å². The largest absolute Gasteiger partial charge is 0.484 e. The summed E-state index contributed by atoms with van der Waals surface area (Å²) in [6, 6.07) is 3.98. The zero-order valence-corrected chi connectivity index (χ0v) is 9.23. The van der Waals surface area contributed by atoms with Gasteiger partial charge in [-0.25, -0.2) is 4.39 Å². The Kier molecular flexibility index (Phi) is 4.81. The van der Waals surface area contributed by atoms with E-state index < -0.39 is 5.82 Å². The molecule has 88 valence electrons. The lowest BCUT2D eigenvalue weighted by atomic mass is 10.2. The van der Waals surface area contributed by atoms with Gasteiger partial charge in [-0.2, -0.15) is 0 Å². The number of ether oxygens (including phenoxy) is 1. The second-order valence-corrected chi connectivity index (χ2v) is 3.15. The van der Waals surface area contributed by atoms with Gasteiger partial charge in [0.25, 0.3) is 0 Å². The van der Waals surface area contributed by atoms with Crippen LogP contribution < -0.4 is 4.74 Å². The molecule has 0 saturated heterocycles. The number of aliphatic imine (C=N–C) groups is 1. The van der Waals surface area contributed by atoms with E-state index in [2.05, 4.69) is 18.3 Å². The first kappa shape index (κ1) is 12.8. The van der Waals surface area contributed by atoms with E-state index >= 15 is 0 Å². The van der Waals surface area contributed by atoms with Crippen LogP contribution in [0.5, 0.6) is 5.75 Å². The molecule has 0 unspecified atom stereocenters. The smallest absolute Gasteiger partial charge is 0.165 e. The minimum Gasteiger partial charge on any atom is -0.484 e. The highest BCUT2D eigenvalue weighted by Crippen LogP contribution is 2.18. The topological polar surface area (TPSA) is 38.7 Å². The molecule has 0 aliphatic rings. The van der Waals surface area contributed by atoms with Gasteiger partial charge in [-0.3, -0.25) is 9.79 Å². The molecule has 0 saturated carbocycles. The number of nitrogens with zero attached hydrogens (tertiary/aromatic N) is 1. The van der Waals surface area contributed by atoms with Crippen LogP contribution in [0, 0.1) is 5.82 Å². The molecule has 0 aromatic heterocycles. The predicted molar refractivity (Wildman–Crippen MR) is 65.1 cm³/mol. The summed E-state index contributed by atoms with van der Waals surface area (Å²) in [4.78, 5) is 14.1. The molecule has 1 rings (SSSR count). The van der Waals surface area contributed by atoms with E-state index in [4.69, 9.17) is 4.74 Å². The Morgan fingerprint density at radius 3 is 2.82 bits per heavy atom. The molecule has 3 nitrogen and oxygen atoms in total. The number of carbonyl (C=O) groups excluding carboxylic acids is 1. The monoisotopic (exact) mass is 233 g/mol. The van der Waals surface area contributed by atoms with E-state index in [-0.39, 0.29) is 17.9 Å². The highest BCUT2D eigenvalue weighted by Gasteiger charge is 2.05. The Morgan fingerprint density at radius 2 is 2.29 bits per heavy atom. The van der Waals surface area contributed by atoms with Crippen LogP contribution in [0.2, 0.25) is 0 Å². The van der Waals surface area contributed by atoms with Crippen LogP contribution in [-0.2, 0) is 0 Å². The predicted octanol–water partition coefficient (Wildman–Crippen LogP) is 2.79. The van der Waals surface area contributed by atoms with Gasteiger partial charge in [0, 0.05) is 5.56 Å². The van der Waals surface area contributed by atoms with Crippen LogP contribution in [-0.4, -0.2) is 19.6 Å². The number of rotatable bonds is 6. The maximum absolute atomic E-state index is 13.4. The maximum atomic E-state index is 13.4. The molecule has 1 aromatic carbocycles. The Bertz CT molecular complexity index is 466. The summed E-state index contributed by atoms with van der Waals surface area (Å²) in [5.74, 6) is -0.522. The highest BCUT2D eigenvalue weighted by atomic mass is 19.1. The Balaban J connectivity index is 2.75. The van der Waals surface area contributed by atoms with Crippen molar-refractivity contribution in [2.45, 2.75) is 0 Å². The van der Waals surface area contributed by atoms with Crippen LogP contribution in [0.15, 0.2) is 47.6 Å². The van der Waals surface area contributed by atoms with Crippen molar-refractivity contribution in [3.8, 4) is 5.75 Å². The third-order valence-corrected chi connectivity index (χ3v) is 1.98. The lowest BCUT2D eigenvalue weighted by Gasteiger charge is -2.07. The first-order valence-corrected chi connectivity index (χ1v) is 4.87. The Morgan fingerprint density at radius 1 is 1.53 bits per heavy atom. The normalized spacial score (nSPS) is 10.8. The van der Waals surface area contributed by atoms with Gasteiger partial charge in [0.05, 0.1) is 5.70 Å². The molecule has 0 aliphatic carbocycles. The zero-order valence-electron chi connectivity index (χ0n) is 9.23. The lowest BCUT2D eigenvalue weighted by Crippen LogP contribution is -2.01. The first-order chi connectivity index (χ1) is 8.21. The molecule has 0 radical (unpaired) electrons. The average Bonchev–Trinajstić information content (AvgIpc) is 2.35. The minimum absolute atomic E-state index is 0.0641. The van der Waals surface area contributed by atoms with E-state index in [0.29, 0.717) is 12.0 Å². The maximum Gasteiger partial charge on any atom is 0.165 e. The highest BCUT2D eigenvalue weighted by molar-refractivity contribution is 5.74. The zero-order chi connectivity index (χ0) is 12.7. The van der Waals surface area contributed by atoms with Crippen LogP contribution in [0.25, 0.3) is 0 Å². The Hall–Kier alpha value is -2.23. The number of carbonyl (C=O) groups is 1. The van der Waals surface area contributed by atoms with Gasteiger partial charge in [0.15, 0.2) is 11.6 Å². The van der Waals surface area contributed by atoms with Crippen molar-refractivity contribution >= 4 is 13.0 Å². The molecule has 0 N–H and O–H groups in total. The van der Waals surface area contributed by atoms with Crippen molar-refractivity contribution in [2.24, 2.45) is 4.99 Å². The molecule has 0 amide bonds. The molecule has 0 atom stereocenters. The van der Waals surface area contributed by atoms with Crippen LogP contribution >= 0.6 is 0 Å². The summed E-state index contributed by atoms with van der Waals surface area (Å²) in [5, 5.41) is 0. The fraction of sp³-hybridized carbons (Fsp3) is 0.0769. The van der Waals surface area contributed by atoms with Crippen molar-refractivity contribution in [1.29, 1.82) is 0 Å². The van der Waals surface area contributed by atoms with Crippen LogP contribution in [0.3, 0.4) is 0 Å². The fourth-order valence-electron chi connectivity index (χ4n) is 1.14. The van der Waals surface area contributed by atoms with Gasteiger partial charge in [-0.15, -0.1) is 0 Å². The van der Waals surface area contributed by atoms with Crippen molar-refractivity contribution in [3.05, 3.63) is 54.0 Å². The number of benzene rings is 1. The summed E-state index contributed by atoms with van der Waals surface area (Å²) in [7, 11) is 0. The van der Waals surface area contributed by atoms with Gasteiger partial charge in [-0.05, 0) is 31.0 Å². The van der Waals surface area contributed by atoms with Crippen molar-refractivity contribution < 1.29 is 13.9 Å². The molecule has 4 heteroatoms. The summed E-state index contributed by atoms with van der Waals surface area (Å²) in [5.41, 5.74) is 0.803. The molecular weight excluding hydrogens is 221 g/mol. The van der Waals surface area contributed by atoms with Crippen LogP contribution in [0.4, 0.5) is 4.39 Å². The van der Waals surface area contributed by atoms with Gasteiger partial charge in [0.1, 0.15) is 12.9 Å². The van der Waals surface area contributed by atoms with E-state index in [1.807, 2.05) is 0 Å². The summed E-state index contributed by atoms with van der Waals surface area (Å²) >= 11 is 0. The standard InChI is InChI=1S/C13H12FNO2/c1-3-4-11(15-2)9-17-13-6-5-10(8-16)7-12(13)14/h3-8H,1-2,9H2/b11-4-. The quantitative estimate of drug-likeness (QED) is 0.430. The third-order valence-electron chi connectivity index (χ3n) is 1.98. The van der Waals surface area contributed by atoms with E-state index in [1.165, 1.54) is 12.1 Å². The number of allylic oxidation sites excluding steroid dienone is 2. The van der Waals surface area contributed by atoms with E-state index in [9.17, 15) is 9.18 Å². The van der Waals surface area contributed by atoms with Crippen LogP contribution in [0.1, 0.15) is 10.4 Å². The van der Waals surface area contributed by atoms with Crippen molar-refractivity contribution in [3.63, 3.8) is 0 Å². The molecular formula is C13H12FNO2. The van der Waals surface area contributed by atoms with Gasteiger partial charge in [-0.1, -0.05) is 12.7 Å². The summed E-state index contributed by atoms with van der Waals surface area (Å²) in [6.45, 7) is 6.96. The SMILES string of the molecule is C=C/C=C(/COc1ccc(C=O)cc1F)N=C. The number of halogens is 1. The van der Waals surface area contributed by atoms with Gasteiger partial charge < -0.3 is 4.74 Å². The average molecular weight is 233 g/mol. The summed E-state index contributed by atoms with van der Waals surface area (Å²) in [6.07, 6.45) is 3.73. The lowest BCUT2D eigenvalue weighted by molar-refractivity contribution is 0.112. The molecule has 0 heterocycles. The van der Waals surface area contributed by atoms with E-state index in [0.717, 1.165) is 6.07 Å². The minimum atomic E-state index is -0.586. The second kappa shape index (κ2) is 6.37. The second-order valence-electron chi connectivity index (χ2n) is 3.15. The number of aldehydes is 1. The number of hydrogen-bond acceptors (Lipinski definition) is 3. The van der Waals surface area contributed by atoms with Crippen molar-refractivity contribution in [2.75, 3.05) is 6.61 Å². The molecule has 0 fully saturated rings. The summed E-state index contributed by atoms with van der Waals surface area (Å²) < 4.78 is 18.6. The third kappa shape index (κ3) is 3.68. The first-order valence-electron chi connectivity index (χ1n) is 4.87. The fourth-order valence-corrected chi connectivity index (χ4v) is 1.14. The number of hydrogen-bond donors (Lipinski definition) is 0. The molecule has 0 aliphatic heterocycles. The van der Waals surface area contributed by atoms with Crippen molar-refractivity contribution in [1.82, 2.24) is 0 Å². The van der Waals surface area contributed by atoms with Gasteiger partial charge >= 0.3 is 0 Å². The molecule has 17 heavy (non-hydrogen) atoms. The molecule has 0 spiro atoms. The molecule has 1 aromatic rings. The van der Waals surface area contributed by atoms with Gasteiger partial charge in [0.2, 0.25) is 0 Å². The molecule has 0 bridgehead atoms. The van der Waals surface area contributed by atoms with E-state index in [1.54, 1.807) is 12.2 Å².